The van der Waals surface area contributed by atoms with Gasteiger partial charge in [-0.3, -0.25) is 9.78 Å². The van der Waals surface area contributed by atoms with Crippen molar-refractivity contribution in [2.75, 3.05) is 25.4 Å². The maximum absolute atomic E-state index is 12.1. The number of amides is 1. The van der Waals surface area contributed by atoms with E-state index in [2.05, 4.69) is 4.98 Å². The summed E-state index contributed by atoms with van der Waals surface area (Å²) in [5, 5.41) is 0. The molecule has 94 valence electrons. The normalized spacial score (nSPS) is 19.6. The lowest BCUT2D eigenvalue weighted by Gasteiger charge is -2.31. The van der Waals surface area contributed by atoms with Crippen molar-refractivity contribution in [1.82, 2.24) is 9.88 Å². The molecule has 1 amide bonds. The van der Waals surface area contributed by atoms with Gasteiger partial charge < -0.3 is 15.4 Å². The van der Waals surface area contributed by atoms with Crippen LogP contribution in [0.3, 0.4) is 0 Å². The van der Waals surface area contributed by atoms with E-state index in [9.17, 15) is 4.79 Å². The first kappa shape index (κ1) is 13.7. The number of hydrogen-bond acceptors (Lipinski definition) is 4. The second kappa shape index (κ2) is 5.84. The molecule has 17 heavy (non-hydrogen) atoms. The SMILES string of the molecule is CC1CN(C(=O)c2cnccc2N)CCO1.Cl. The van der Waals surface area contributed by atoms with Crippen molar-refractivity contribution in [3.05, 3.63) is 24.0 Å². The third-order valence-corrected chi connectivity index (χ3v) is 2.61. The van der Waals surface area contributed by atoms with Crippen LogP contribution in [0.2, 0.25) is 0 Å². The summed E-state index contributed by atoms with van der Waals surface area (Å²) in [6.07, 6.45) is 3.17. The van der Waals surface area contributed by atoms with Crippen LogP contribution in [0.5, 0.6) is 0 Å². The van der Waals surface area contributed by atoms with Gasteiger partial charge in [-0.25, -0.2) is 0 Å². The molecule has 1 unspecified atom stereocenters. The molecule has 1 atom stereocenters. The standard InChI is InChI=1S/C11H15N3O2.ClH/c1-8-7-14(4-5-16-8)11(15)9-6-13-3-2-10(9)12;/h2-3,6,8H,4-5,7H2,1H3,(H2,12,13);1H. The van der Waals surface area contributed by atoms with E-state index >= 15 is 0 Å². The summed E-state index contributed by atoms with van der Waals surface area (Å²) in [7, 11) is 0. The third kappa shape index (κ3) is 3.08. The number of aromatic nitrogens is 1. The summed E-state index contributed by atoms with van der Waals surface area (Å²) >= 11 is 0. The third-order valence-electron chi connectivity index (χ3n) is 2.61. The number of halogens is 1. The lowest BCUT2D eigenvalue weighted by Crippen LogP contribution is -2.44. The molecule has 2 heterocycles. The fourth-order valence-electron chi connectivity index (χ4n) is 1.76. The molecule has 0 bridgehead atoms. The minimum absolute atomic E-state index is 0. The van der Waals surface area contributed by atoms with Crippen LogP contribution in [0.25, 0.3) is 0 Å². The maximum atomic E-state index is 12.1. The summed E-state index contributed by atoms with van der Waals surface area (Å²) in [4.78, 5) is 17.8. The van der Waals surface area contributed by atoms with Crippen molar-refractivity contribution in [2.45, 2.75) is 13.0 Å². The van der Waals surface area contributed by atoms with Gasteiger partial charge in [0.1, 0.15) is 0 Å². The largest absolute Gasteiger partial charge is 0.398 e. The molecule has 1 fully saturated rings. The van der Waals surface area contributed by atoms with E-state index in [1.807, 2.05) is 6.92 Å². The van der Waals surface area contributed by atoms with Gasteiger partial charge in [-0.2, -0.15) is 0 Å². The van der Waals surface area contributed by atoms with Crippen molar-refractivity contribution in [2.24, 2.45) is 0 Å². The van der Waals surface area contributed by atoms with Crippen LogP contribution in [0.1, 0.15) is 17.3 Å². The Kier molecular flexibility index (Phi) is 4.72. The van der Waals surface area contributed by atoms with Gasteiger partial charge in [0.25, 0.3) is 5.91 Å². The van der Waals surface area contributed by atoms with Gasteiger partial charge in [-0.1, -0.05) is 0 Å². The van der Waals surface area contributed by atoms with Crippen molar-refractivity contribution < 1.29 is 9.53 Å². The average Bonchev–Trinajstić information content (AvgIpc) is 2.29. The van der Waals surface area contributed by atoms with Gasteiger partial charge in [0.05, 0.1) is 18.3 Å². The molecule has 5 nitrogen and oxygen atoms in total. The zero-order valence-corrected chi connectivity index (χ0v) is 10.4. The molecule has 2 rings (SSSR count). The van der Waals surface area contributed by atoms with Crippen LogP contribution in [-0.2, 0) is 4.74 Å². The molecule has 1 aromatic heterocycles. The Labute approximate surface area is 106 Å². The summed E-state index contributed by atoms with van der Waals surface area (Å²) in [5.74, 6) is -0.0687. The zero-order valence-electron chi connectivity index (χ0n) is 9.63. The number of pyridine rings is 1. The van der Waals surface area contributed by atoms with Gasteiger partial charge in [0.15, 0.2) is 0 Å². The molecule has 6 heteroatoms. The molecule has 1 aromatic rings. The average molecular weight is 258 g/mol. The smallest absolute Gasteiger partial charge is 0.257 e. The summed E-state index contributed by atoms with van der Waals surface area (Å²) < 4.78 is 5.38. The highest BCUT2D eigenvalue weighted by molar-refractivity contribution is 5.98. The number of morpholine rings is 1. The molecule has 1 saturated heterocycles. The fraction of sp³-hybridized carbons (Fsp3) is 0.455. The topological polar surface area (TPSA) is 68.5 Å². The van der Waals surface area contributed by atoms with Crippen molar-refractivity contribution in [1.29, 1.82) is 0 Å². The molecule has 0 radical (unpaired) electrons. The first-order valence-corrected chi connectivity index (χ1v) is 5.29. The Morgan fingerprint density at radius 1 is 1.65 bits per heavy atom. The fourth-order valence-corrected chi connectivity index (χ4v) is 1.76. The molecule has 2 N–H and O–H groups in total. The van der Waals surface area contributed by atoms with Crippen LogP contribution >= 0.6 is 12.4 Å². The van der Waals surface area contributed by atoms with Gasteiger partial charge in [0, 0.05) is 31.2 Å². The molecule has 0 aliphatic carbocycles. The van der Waals surface area contributed by atoms with E-state index in [0.717, 1.165) is 0 Å². The lowest BCUT2D eigenvalue weighted by molar-refractivity contribution is -0.0124. The van der Waals surface area contributed by atoms with Crippen LogP contribution in [0, 0.1) is 0 Å². The van der Waals surface area contributed by atoms with Gasteiger partial charge in [-0.05, 0) is 13.0 Å². The van der Waals surface area contributed by atoms with Gasteiger partial charge in [0.2, 0.25) is 0 Å². The molecule has 1 aliphatic rings. The molecule has 0 aromatic carbocycles. The Hall–Kier alpha value is -1.33. The van der Waals surface area contributed by atoms with E-state index < -0.39 is 0 Å². The monoisotopic (exact) mass is 257 g/mol. The van der Waals surface area contributed by atoms with E-state index in [0.29, 0.717) is 30.9 Å². The quantitative estimate of drug-likeness (QED) is 0.813. The van der Waals surface area contributed by atoms with Crippen LogP contribution in [-0.4, -0.2) is 41.6 Å². The van der Waals surface area contributed by atoms with E-state index in [1.165, 1.54) is 6.20 Å². The highest BCUT2D eigenvalue weighted by atomic mass is 35.5. The first-order chi connectivity index (χ1) is 7.68. The number of nitrogens with two attached hydrogens (primary N) is 1. The number of nitrogen functional groups attached to an aromatic ring is 1. The Balaban J connectivity index is 0.00000144. The van der Waals surface area contributed by atoms with E-state index in [1.54, 1.807) is 17.2 Å². The molecular weight excluding hydrogens is 242 g/mol. The summed E-state index contributed by atoms with van der Waals surface area (Å²) in [6, 6.07) is 1.64. The second-order valence-electron chi connectivity index (χ2n) is 3.90. The summed E-state index contributed by atoms with van der Waals surface area (Å²) in [6.45, 7) is 3.74. The van der Waals surface area contributed by atoms with E-state index in [-0.39, 0.29) is 24.4 Å². The van der Waals surface area contributed by atoms with Crippen LogP contribution < -0.4 is 5.73 Å². The maximum Gasteiger partial charge on any atom is 0.257 e. The predicted octanol–water partition coefficient (Wildman–Crippen LogP) is 0.946. The predicted molar refractivity (Wildman–Crippen MR) is 67.2 cm³/mol. The number of nitrogens with zero attached hydrogens (tertiary/aromatic N) is 2. The Morgan fingerprint density at radius 2 is 2.41 bits per heavy atom. The number of ether oxygens (including phenoxy) is 1. The number of carbonyl (C=O) groups excluding carboxylic acids is 1. The zero-order chi connectivity index (χ0) is 11.5. The second-order valence-corrected chi connectivity index (χ2v) is 3.90. The van der Waals surface area contributed by atoms with Gasteiger partial charge in [-0.15, -0.1) is 12.4 Å². The first-order valence-electron chi connectivity index (χ1n) is 5.29. The van der Waals surface area contributed by atoms with E-state index in [4.69, 9.17) is 10.5 Å². The molecule has 1 aliphatic heterocycles. The summed E-state index contributed by atoms with van der Waals surface area (Å²) in [5.41, 5.74) is 6.68. The van der Waals surface area contributed by atoms with Gasteiger partial charge >= 0.3 is 0 Å². The minimum atomic E-state index is -0.0687. The van der Waals surface area contributed by atoms with Crippen molar-refractivity contribution in [3.8, 4) is 0 Å². The Bertz CT molecular complexity index is 400. The van der Waals surface area contributed by atoms with Crippen LogP contribution in [0.4, 0.5) is 5.69 Å². The molecule has 0 spiro atoms. The number of rotatable bonds is 1. The highest BCUT2D eigenvalue weighted by Crippen LogP contribution is 2.14. The Morgan fingerprint density at radius 3 is 3.06 bits per heavy atom. The minimum Gasteiger partial charge on any atom is -0.398 e. The number of carbonyl (C=O) groups is 1. The molecular formula is C11H16ClN3O2. The van der Waals surface area contributed by atoms with Crippen molar-refractivity contribution >= 4 is 24.0 Å². The lowest BCUT2D eigenvalue weighted by atomic mass is 10.2. The molecule has 0 saturated carbocycles. The number of anilines is 1. The number of hydrogen-bond donors (Lipinski definition) is 1. The van der Waals surface area contributed by atoms with Crippen LogP contribution in [0.15, 0.2) is 18.5 Å². The van der Waals surface area contributed by atoms with Crippen molar-refractivity contribution in [3.63, 3.8) is 0 Å². The highest BCUT2D eigenvalue weighted by Gasteiger charge is 2.23.